The van der Waals surface area contributed by atoms with Crippen LogP contribution in [0.15, 0.2) is 4.99 Å². The molecule has 2 fully saturated rings. The minimum atomic E-state index is -0.433. The molecule has 0 aromatic carbocycles. The highest BCUT2D eigenvalue weighted by Gasteiger charge is 2.27. The van der Waals surface area contributed by atoms with Gasteiger partial charge in [-0.3, -0.25) is 4.99 Å². The number of carbonyl (C=O) groups excluding carboxylic acids is 1. The molecule has 2 saturated heterocycles. The Hall–Kier alpha value is -0.770. The van der Waals surface area contributed by atoms with Crippen molar-refractivity contribution in [3.63, 3.8) is 0 Å². The normalized spacial score (nSPS) is 21.3. The lowest BCUT2D eigenvalue weighted by Crippen LogP contribution is -2.45. The van der Waals surface area contributed by atoms with E-state index >= 15 is 0 Å². The van der Waals surface area contributed by atoms with Gasteiger partial charge in [0.05, 0.1) is 0 Å². The van der Waals surface area contributed by atoms with Gasteiger partial charge in [-0.1, -0.05) is 6.42 Å². The number of aliphatic imine (C=N–C) groups is 1. The van der Waals surface area contributed by atoms with Gasteiger partial charge in [-0.2, -0.15) is 0 Å². The van der Waals surface area contributed by atoms with Gasteiger partial charge >= 0.3 is 6.09 Å². The molecule has 2 N–H and O–H groups in total. The molecule has 0 bridgehead atoms. The van der Waals surface area contributed by atoms with Crippen molar-refractivity contribution in [1.29, 1.82) is 0 Å². The largest absolute Gasteiger partial charge is 0.444 e. The van der Waals surface area contributed by atoms with Gasteiger partial charge < -0.3 is 25.2 Å². The molecule has 0 radical (unpaired) electrons. The van der Waals surface area contributed by atoms with Crippen molar-refractivity contribution in [2.45, 2.75) is 64.9 Å². The fourth-order valence-corrected chi connectivity index (χ4v) is 3.92. The number of nitrogens with zero attached hydrogens (tertiary/aromatic N) is 3. The Kier molecular flexibility index (Phi) is 12.2. The quantitative estimate of drug-likeness (QED) is 0.318. The van der Waals surface area contributed by atoms with Gasteiger partial charge in [0.15, 0.2) is 5.96 Å². The number of ether oxygens (including phenoxy) is 1. The van der Waals surface area contributed by atoms with E-state index in [9.17, 15) is 4.79 Å². The summed E-state index contributed by atoms with van der Waals surface area (Å²) < 4.78 is 5.52. The van der Waals surface area contributed by atoms with Crippen LogP contribution in [-0.4, -0.2) is 80.3 Å². The van der Waals surface area contributed by atoms with E-state index in [2.05, 4.69) is 20.5 Å². The zero-order chi connectivity index (χ0) is 20.4. The third-order valence-electron chi connectivity index (χ3n) is 5.41. The van der Waals surface area contributed by atoms with Gasteiger partial charge in [-0.05, 0) is 71.9 Å². The molecule has 2 aliphatic heterocycles. The number of carbonyl (C=O) groups is 1. The first-order valence-electron chi connectivity index (χ1n) is 11.0. The molecule has 2 rings (SSSR count). The van der Waals surface area contributed by atoms with Gasteiger partial charge in [0.1, 0.15) is 5.60 Å². The van der Waals surface area contributed by atoms with Crippen LogP contribution >= 0.6 is 24.0 Å². The topological polar surface area (TPSA) is 69.2 Å². The van der Waals surface area contributed by atoms with Crippen LogP contribution in [0.2, 0.25) is 0 Å². The summed E-state index contributed by atoms with van der Waals surface area (Å²) in [6, 6.07) is 0. The molecule has 170 valence electrons. The average Bonchev–Trinajstić information content (AvgIpc) is 2.66. The summed E-state index contributed by atoms with van der Waals surface area (Å²) >= 11 is 0. The van der Waals surface area contributed by atoms with E-state index in [1.807, 2.05) is 32.7 Å². The zero-order valence-corrected chi connectivity index (χ0v) is 21.2. The molecule has 0 spiro atoms. The molecule has 1 atom stereocenters. The summed E-state index contributed by atoms with van der Waals surface area (Å²) in [4.78, 5) is 21.0. The summed E-state index contributed by atoms with van der Waals surface area (Å²) in [6.07, 6.45) is 7.10. The standard InChI is InChI=1S/C21H41N5O2.HI/c1-21(2,3)28-20(27)26-15-8-9-18(17-26)10-11-23-19(22-4)24-12-16-25-13-6-5-7-14-25;/h18H,5-17H2,1-4H3,(H2,22,23,24);1H. The number of amides is 1. The fraction of sp³-hybridized carbons (Fsp3) is 0.905. The van der Waals surface area contributed by atoms with Crippen LogP contribution in [0.1, 0.15) is 59.3 Å². The first-order chi connectivity index (χ1) is 13.4. The summed E-state index contributed by atoms with van der Waals surface area (Å²) in [7, 11) is 1.82. The van der Waals surface area contributed by atoms with Crippen LogP contribution in [0, 0.1) is 5.92 Å². The van der Waals surface area contributed by atoms with Crippen LogP contribution in [-0.2, 0) is 4.74 Å². The second kappa shape index (κ2) is 13.5. The van der Waals surface area contributed by atoms with Crippen molar-refractivity contribution in [3.8, 4) is 0 Å². The monoisotopic (exact) mass is 523 g/mol. The van der Waals surface area contributed by atoms with Crippen LogP contribution in [0.4, 0.5) is 4.79 Å². The predicted octanol–water partition coefficient (Wildman–Crippen LogP) is 3.29. The van der Waals surface area contributed by atoms with Gasteiger partial charge in [0, 0.05) is 39.8 Å². The molecular weight excluding hydrogens is 481 g/mol. The van der Waals surface area contributed by atoms with E-state index in [4.69, 9.17) is 4.74 Å². The van der Waals surface area contributed by atoms with Gasteiger partial charge in [-0.25, -0.2) is 4.79 Å². The SMILES string of the molecule is CN=C(NCCC1CCCN(C(=O)OC(C)(C)C)C1)NCCN1CCCCC1.I. The van der Waals surface area contributed by atoms with Crippen molar-refractivity contribution in [1.82, 2.24) is 20.4 Å². The molecule has 7 nitrogen and oxygen atoms in total. The van der Waals surface area contributed by atoms with Crippen LogP contribution < -0.4 is 10.6 Å². The Balaban J connectivity index is 0.00000420. The first kappa shape index (κ1) is 26.3. The van der Waals surface area contributed by atoms with Crippen molar-refractivity contribution in [2.24, 2.45) is 10.9 Å². The number of halogens is 1. The van der Waals surface area contributed by atoms with Crippen LogP contribution in [0.3, 0.4) is 0 Å². The molecule has 0 aromatic heterocycles. The average molecular weight is 524 g/mol. The molecule has 0 saturated carbocycles. The summed E-state index contributed by atoms with van der Waals surface area (Å²) in [5, 5.41) is 6.84. The molecule has 0 aliphatic carbocycles. The van der Waals surface area contributed by atoms with E-state index in [1.165, 1.54) is 38.8 Å². The van der Waals surface area contributed by atoms with E-state index in [-0.39, 0.29) is 30.1 Å². The fourth-order valence-electron chi connectivity index (χ4n) is 3.92. The Morgan fingerprint density at radius 1 is 1.07 bits per heavy atom. The lowest BCUT2D eigenvalue weighted by molar-refractivity contribution is 0.0162. The van der Waals surface area contributed by atoms with Gasteiger partial charge in [0.25, 0.3) is 0 Å². The number of hydrogen-bond donors (Lipinski definition) is 2. The Bertz CT molecular complexity index is 504. The molecule has 8 heteroatoms. The molecular formula is C21H42IN5O2. The van der Waals surface area contributed by atoms with E-state index in [0.29, 0.717) is 5.92 Å². The lowest BCUT2D eigenvalue weighted by Gasteiger charge is -2.34. The minimum absolute atomic E-state index is 0. The molecule has 0 aromatic rings. The smallest absolute Gasteiger partial charge is 0.410 e. The number of piperidine rings is 2. The minimum Gasteiger partial charge on any atom is -0.444 e. The molecule has 2 aliphatic rings. The summed E-state index contributed by atoms with van der Waals surface area (Å²) in [6.45, 7) is 12.7. The second-order valence-electron chi connectivity index (χ2n) is 9.05. The highest BCUT2D eigenvalue weighted by atomic mass is 127. The zero-order valence-electron chi connectivity index (χ0n) is 18.8. The Labute approximate surface area is 194 Å². The lowest BCUT2D eigenvalue weighted by atomic mass is 9.95. The third-order valence-corrected chi connectivity index (χ3v) is 5.41. The van der Waals surface area contributed by atoms with Crippen molar-refractivity contribution in [3.05, 3.63) is 0 Å². The number of guanidine groups is 1. The van der Waals surface area contributed by atoms with E-state index in [1.54, 1.807) is 0 Å². The van der Waals surface area contributed by atoms with E-state index < -0.39 is 5.60 Å². The van der Waals surface area contributed by atoms with Crippen molar-refractivity contribution >= 4 is 36.0 Å². The van der Waals surface area contributed by atoms with Crippen LogP contribution in [0.25, 0.3) is 0 Å². The maximum absolute atomic E-state index is 12.3. The Morgan fingerprint density at radius 2 is 1.76 bits per heavy atom. The predicted molar refractivity (Wildman–Crippen MR) is 130 cm³/mol. The number of rotatable bonds is 6. The molecule has 1 amide bonds. The van der Waals surface area contributed by atoms with Crippen molar-refractivity contribution < 1.29 is 9.53 Å². The number of likely N-dealkylation sites (tertiary alicyclic amines) is 2. The first-order valence-corrected chi connectivity index (χ1v) is 11.0. The number of hydrogen-bond acceptors (Lipinski definition) is 4. The highest BCUT2D eigenvalue weighted by Crippen LogP contribution is 2.21. The summed E-state index contributed by atoms with van der Waals surface area (Å²) in [5.41, 5.74) is -0.433. The maximum atomic E-state index is 12.3. The molecule has 29 heavy (non-hydrogen) atoms. The third kappa shape index (κ3) is 10.7. The van der Waals surface area contributed by atoms with E-state index in [0.717, 1.165) is 51.5 Å². The second-order valence-corrected chi connectivity index (χ2v) is 9.05. The number of nitrogens with one attached hydrogen (secondary N) is 2. The van der Waals surface area contributed by atoms with Crippen molar-refractivity contribution in [2.75, 3.05) is 52.9 Å². The Morgan fingerprint density at radius 3 is 2.41 bits per heavy atom. The molecule has 1 unspecified atom stereocenters. The maximum Gasteiger partial charge on any atom is 0.410 e. The highest BCUT2D eigenvalue weighted by molar-refractivity contribution is 14.0. The van der Waals surface area contributed by atoms with Crippen LogP contribution in [0.5, 0.6) is 0 Å². The van der Waals surface area contributed by atoms with Gasteiger partial charge in [0.2, 0.25) is 0 Å². The van der Waals surface area contributed by atoms with Gasteiger partial charge in [-0.15, -0.1) is 24.0 Å². The summed E-state index contributed by atoms with van der Waals surface area (Å²) in [5.74, 6) is 1.39. The molecule has 2 heterocycles.